The highest BCUT2D eigenvalue weighted by Crippen LogP contribution is 2.20. The molecule has 1 aliphatic rings. The minimum atomic E-state index is -0.177. The van der Waals surface area contributed by atoms with Crippen molar-refractivity contribution in [3.63, 3.8) is 0 Å². The third-order valence-electron chi connectivity index (χ3n) is 2.54. The molecule has 2 rings (SSSR count). The van der Waals surface area contributed by atoms with Gasteiger partial charge in [-0.05, 0) is 36.6 Å². The fourth-order valence-electron chi connectivity index (χ4n) is 1.60. The van der Waals surface area contributed by atoms with Crippen LogP contribution in [0.1, 0.15) is 27.0 Å². The molecule has 1 aliphatic heterocycles. The molecule has 0 spiro atoms. The molecule has 0 amide bonds. The zero-order valence-corrected chi connectivity index (χ0v) is 7.89. The summed E-state index contributed by atoms with van der Waals surface area (Å²) in [5.74, 6) is -0.177. The van der Waals surface area contributed by atoms with Crippen molar-refractivity contribution in [3.05, 3.63) is 34.4 Å². The molecule has 0 atom stereocenters. The maximum Gasteiger partial charge on any atom is 0.338 e. The fraction of sp³-hybridized carbons (Fsp3) is 0.364. The lowest BCUT2D eigenvalue weighted by Crippen LogP contribution is -2.17. The molecular formula is C11H12O2. The lowest BCUT2D eigenvalue weighted by molar-refractivity contribution is 0.0480. The maximum absolute atomic E-state index is 11.3. The summed E-state index contributed by atoms with van der Waals surface area (Å²) >= 11 is 0. The summed E-state index contributed by atoms with van der Waals surface area (Å²) in [5, 5.41) is 0. The van der Waals surface area contributed by atoms with Crippen molar-refractivity contribution in [1.82, 2.24) is 0 Å². The quantitative estimate of drug-likeness (QED) is 0.565. The molecule has 0 fully saturated rings. The van der Waals surface area contributed by atoms with Gasteiger partial charge in [0.1, 0.15) is 0 Å². The molecule has 0 unspecified atom stereocenters. The Morgan fingerprint density at radius 3 is 2.69 bits per heavy atom. The van der Waals surface area contributed by atoms with Gasteiger partial charge in [0.15, 0.2) is 0 Å². The third kappa shape index (κ3) is 1.32. The molecule has 0 N–H and O–H groups in total. The van der Waals surface area contributed by atoms with Crippen LogP contribution in [0.2, 0.25) is 0 Å². The van der Waals surface area contributed by atoms with Crippen molar-refractivity contribution in [1.29, 1.82) is 0 Å². The first-order valence-corrected chi connectivity index (χ1v) is 4.46. The first kappa shape index (κ1) is 8.30. The third-order valence-corrected chi connectivity index (χ3v) is 2.54. The highest BCUT2D eigenvalue weighted by molar-refractivity contribution is 5.92. The van der Waals surface area contributed by atoms with E-state index >= 15 is 0 Å². The van der Waals surface area contributed by atoms with Gasteiger partial charge < -0.3 is 4.74 Å². The molecular weight excluding hydrogens is 164 g/mol. The first-order chi connectivity index (χ1) is 6.18. The number of fused-ring (bicyclic) bond motifs is 1. The van der Waals surface area contributed by atoms with Crippen LogP contribution < -0.4 is 0 Å². The number of hydrogen-bond donors (Lipinski definition) is 0. The zero-order chi connectivity index (χ0) is 9.42. The van der Waals surface area contributed by atoms with Crippen LogP contribution in [0.3, 0.4) is 0 Å². The highest BCUT2D eigenvalue weighted by atomic mass is 16.5. The van der Waals surface area contributed by atoms with E-state index in [1.807, 2.05) is 13.0 Å². The molecule has 0 radical (unpaired) electrons. The summed E-state index contributed by atoms with van der Waals surface area (Å²) in [6.45, 7) is 4.60. The number of hydrogen-bond acceptors (Lipinski definition) is 2. The number of ether oxygens (including phenoxy) is 1. The smallest absolute Gasteiger partial charge is 0.338 e. The van der Waals surface area contributed by atoms with E-state index in [4.69, 9.17) is 4.74 Å². The average Bonchev–Trinajstić information content (AvgIpc) is 2.09. The van der Waals surface area contributed by atoms with E-state index in [9.17, 15) is 4.79 Å². The monoisotopic (exact) mass is 176 g/mol. The van der Waals surface area contributed by atoms with E-state index in [2.05, 4.69) is 13.0 Å². The van der Waals surface area contributed by atoms with Crippen molar-refractivity contribution in [3.8, 4) is 0 Å². The second-order valence-electron chi connectivity index (χ2n) is 3.48. The minimum Gasteiger partial charge on any atom is -0.462 e. The van der Waals surface area contributed by atoms with E-state index in [1.165, 1.54) is 5.56 Å². The van der Waals surface area contributed by atoms with Crippen molar-refractivity contribution in [2.75, 3.05) is 6.61 Å². The summed E-state index contributed by atoms with van der Waals surface area (Å²) in [4.78, 5) is 11.3. The summed E-state index contributed by atoms with van der Waals surface area (Å²) in [6.07, 6.45) is 0.849. The van der Waals surface area contributed by atoms with Gasteiger partial charge in [-0.1, -0.05) is 6.07 Å². The Bertz CT molecular complexity index is 367. The van der Waals surface area contributed by atoms with Gasteiger partial charge in [-0.25, -0.2) is 4.79 Å². The molecule has 0 bridgehead atoms. The summed E-state index contributed by atoms with van der Waals surface area (Å²) in [6, 6.07) is 4.01. The predicted octanol–water partition coefficient (Wildman–Crippen LogP) is 2.02. The van der Waals surface area contributed by atoms with Crippen LogP contribution in [0, 0.1) is 13.8 Å². The van der Waals surface area contributed by atoms with Crippen molar-refractivity contribution >= 4 is 5.97 Å². The van der Waals surface area contributed by atoms with E-state index in [1.54, 1.807) is 0 Å². The van der Waals surface area contributed by atoms with Crippen molar-refractivity contribution in [2.45, 2.75) is 20.3 Å². The molecule has 68 valence electrons. The summed E-state index contributed by atoms with van der Waals surface area (Å²) in [5.41, 5.74) is 4.26. The predicted molar refractivity (Wildman–Crippen MR) is 49.9 cm³/mol. The van der Waals surface area contributed by atoms with Gasteiger partial charge in [-0.2, -0.15) is 0 Å². The SMILES string of the molecule is Cc1cc2c(cc1C)C(=O)OCC2. The van der Waals surface area contributed by atoms with Crippen LogP contribution in [-0.4, -0.2) is 12.6 Å². The van der Waals surface area contributed by atoms with Crippen LogP contribution >= 0.6 is 0 Å². The Morgan fingerprint density at radius 2 is 1.92 bits per heavy atom. The molecule has 13 heavy (non-hydrogen) atoms. The molecule has 0 saturated heterocycles. The van der Waals surface area contributed by atoms with Gasteiger partial charge in [0.25, 0.3) is 0 Å². The Hall–Kier alpha value is -1.31. The van der Waals surface area contributed by atoms with Crippen LogP contribution in [0.25, 0.3) is 0 Å². The summed E-state index contributed by atoms with van der Waals surface area (Å²) in [7, 11) is 0. The van der Waals surface area contributed by atoms with Crippen LogP contribution in [0.15, 0.2) is 12.1 Å². The minimum absolute atomic E-state index is 0.177. The van der Waals surface area contributed by atoms with Crippen LogP contribution in [0.4, 0.5) is 0 Å². The number of esters is 1. The number of carbonyl (C=O) groups is 1. The van der Waals surface area contributed by atoms with E-state index in [0.29, 0.717) is 6.61 Å². The lowest BCUT2D eigenvalue weighted by Gasteiger charge is -2.17. The maximum atomic E-state index is 11.3. The molecule has 1 aromatic carbocycles. The lowest BCUT2D eigenvalue weighted by atomic mass is 9.97. The van der Waals surface area contributed by atoms with Gasteiger partial charge in [0.2, 0.25) is 0 Å². The molecule has 0 saturated carbocycles. The Labute approximate surface area is 77.5 Å². The number of carbonyl (C=O) groups excluding carboxylic acids is 1. The first-order valence-electron chi connectivity index (χ1n) is 4.46. The van der Waals surface area contributed by atoms with E-state index in [0.717, 1.165) is 23.1 Å². The molecule has 0 aliphatic carbocycles. The van der Waals surface area contributed by atoms with Crippen LogP contribution in [0.5, 0.6) is 0 Å². The molecule has 0 aromatic heterocycles. The van der Waals surface area contributed by atoms with Gasteiger partial charge in [0, 0.05) is 6.42 Å². The zero-order valence-electron chi connectivity index (χ0n) is 7.89. The highest BCUT2D eigenvalue weighted by Gasteiger charge is 2.18. The second-order valence-corrected chi connectivity index (χ2v) is 3.48. The fourth-order valence-corrected chi connectivity index (χ4v) is 1.60. The molecule has 2 heteroatoms. The Balaban J connectivity index is 2.58. The number of cyclic esters (lactones) is 1. The van der Waals surface area contributed by atoms with Gasteiger partial charge in [-0.3, -0.25) is 0 Å². The van der Waals surface area contributed by atoms with Crippen LogP contribution in [-0.2, 0) is 11.2 Å². The Morgan fingerprint density at radius 1 is 1.23 bits per heavy atom. The van der Waals surface area contributed by atoms with Crippen molar-refractivity contribution < 1.29 is 9.53 Å². The molecule has 1 heterocycles. The number of aryl methyl sites for hydroxylation is 2. The van der Waals surface area contributed by atoms with Gasteiger partial charge in [-0.15, -0.1) is 0 Å². The van der Waals surface area contributed by atoms with Gasteiger partial charge in [0.05, 0.1) is 12.2 Å². The van der Waals surface area contributed by atoms with Gasteiger partial charge >= 0.3 is 5.97 Å². The summed E-state index contributed by atoms with van der Waals surface area (Å²) < 4.78 is 4.96. The van der Waals surface area contributed by atoms with Crippen molar-refractivity contribution in [2.24, 2.45) is 0 Å². The Kier molecular flexibility index (Phi) is 1.83. The topological polar surface area (TPSA) is 26.3 Å². The standard InChI is InChI=1S/C11H12O2/c1-7-5-9-3-4-13-11(12)10(9)6-8(7)2/h5-6H,3-4H2,1-2H3. The normalized spacial score (nSPS) is 15.1. The van der Waals surface area contributed by atoms with E-state index < -0.39 is 0 Å². The molecule has 2 nitrogen and oxygen atoms in total. The van der Waals surface area contributed by atoms with E-state index in [-0.39, 0.29) is 5.97 Å². The average molecular weight is 176 g/mol. The number of benzene rings is 1. The number of rotatable bonds is 0. The second kappa shape index (κ2) is 2.87. The largest absolute Gasteiger partial charge is 0.462 e. The molecule has 1 aromatic rings.